The van der Waals surface area contributed by atoms with E-state index in [4.69, 9.17) is 0 Å². The Morgan fingerprint density at radius 3 is 1.20 bits per heavy atom. The van der Waals surface area contributed by atoms with Crippen molar-refractivity contribution in [1.82, 2.24) is 0 Å². The van der Waals surface area contributed by atoms with Gasteiger partial charge in [-0.1, -0.05) is 0 Å². The first-order valence-electron chi connectivity index (χ1n) is 5.24. The first-order valence-corrected chi connectivity index (χ1v) is 8.88. The van der Waals surface area contributed by atoms with Crippen LogP contribution in [-0.4, -0.2) is 87.4 Å². The zero-order valence-corrected chi connectivity index (χ0v) is 12.4. The third kappa shape index (κ3) is 8.76. The van der Waals surface area contributed by atoms with E-state index in [1.807, 2.05) is 0 Å². The Bertz CT molecular complexity index is 437. The molecule has 0 bridgehead atoms. The second kappa shape index (κ2) is 7.61. The maximum atomic E-state index is 10.7. The highest BCUT2D eigenvalue weighted by molar-refractivity contribution is 7.86. The van der Waals surface area contributed by atoms with Crippen LogP contribution in [0.2, 0.25) is 0 Å². The van der Waals surface area contributed by atoms with Gasteiger partial charge in [-0.05, 0) is 0 Å². The molecule has 12 heteroatoms. The summed E-state index contributed by atoms with van der Waals surface area (Å²) in [5.41, 5.74) is 0. The summed E-state index contributed by atoms with van der Waals surface area (Å²) in [6, 6.07) is 0. The highest BCUT2D eigenvalue weighted by Gasteiger charge is 2.31. The maximum absolute atomic E-state index is 10.7. The number of hydrogen-bond donors (Lipinski definition) is 4. The van der Waals surface area contributed by atoms with E-state index in [0.717, 1.165) is 12.5 Å². The first kappa shape index (κ1) is 19.7. The molecule has 0 rings (SSSR count). The molecule has 122 valence electrons. The number of aliphatic hydroxyl groups excluding tert-OH is 4. The van der Waals surface area contributed by atoms with Crippen molar-refractivity contribution in [1.29, 1.82) is 0 Å². The van der Waals surface area contributed by atoms with E-state index in [1.54, 1.807) is 0 Å². The van der Waals surface area contributed by atoms with Gasteiger partial charge in [-0.15, -0.1) is 0 Å². The average molecular weight is 338 g/mol. The van der Waals surface area contributed by atoms with Crippen molar-refractivity contribution in [2.45, 2.75) is 24.4 Å². The highest BCUT2D eigenvalue weighted by atomic mass is 32.2. The fourth-order valence-electron chi connectivity index (χ4n) is 1.04. The lowest BCUT2D eigenvalue weighted by molar-refractivity contribution is -0.118. The van der Waals surface area contributed by atoms with Crippen molar-refractivity contribution in [3.63, 3.8) is 0 Å². The molecule has 0 saturated carbocycles. The van der Waals surface area contributed by atoms with Crippen molar-refractivity contribution >= 4 is 20.2 Å². The van der Waals surface area contributed by atoms with Gasteiger partial charge in [0.2, 0.25) is 0 Å². The third-order valence-electron chi connectivity index (χ3n) is 2.04. The molecule has 0 aliphatic rings. The summed E-state index contributed by atoms with van der Waals surface area (Å²) in [6.07, 6.45) is -6.11. The molecular formula is C8H18O10S2. The molecule has 4 atom stereocenters. The van der Waals surface area contributed by atoms with E-state index in [2.05, 4.69) is 8.37 Å². The number of hydrogen-bond acceptors (Lipinski definition) is 10. The summed E-state index contributed by atoms with van der Waals surface area (Å²) in [4.78, 5) is 0. The average Bonchev–Trinajstić information content (AvgIpc) is 2.29. The van der Waals surface area contributed by atoms with Crippen molar-refractivity contribution in [2.24, 2.45) is 0 Å². The Balaban J connectivity index is 4.41. The number of rotatable bonds is 9. The quantitative estimate of drug-likeness (QED) is 0.308. The van der Waals surface area contributed by atoms with E-state index in [1.165, 1.54) is 0 Å². The fraction of sp³-hybridized carbons (Fsp3) is 1.00. The molecule has 0 aromatic carbocycles. The van der Waals surface area contributed by atoms with Gasteiger partial charge in [-0.25, -0.2) is 0 Å². The summed E-state index contributed by atoms with van der Waals surface area (Å²) in [5.74, 6) is 0. The fourth-order valence-corrected chi connectivity index (χ4v) is 1.81. The van der Waals surface area contributed by atoms with Gasteiger partial charge < -0.3 is 20.4 Å². The van der Waals surface area contributed by atoms with E-state index < -0.39 is 57.9 Å². The van der Waals surface area contributed by atoms with Crippen LogP contribution in [0.25, 0.3) is 0 Å². The van der Waals surface area contributed by atoms with Crippen LogP contribution in [0.15, 0.2) is 0 Å². The molecule has 10 nitrogen and oxygen atoms in total. The Labute approximate surface area is 116 Å². The van der Waals surface area contributed by atoms with E-state index in [9.17, 15) is 37.3 Å². The SMILES string of the molecule is CS(=O)(=O)OC[C@H](O)[C@H](O)[C@@H](O)[C@@H](O)COS(C)(=O)=O. The summed E-state index contributed by atoms with van der Waals surface area (Å²) >= 11 is 0. The molecule has 0 saturated heterocycles. The molecule has 0 radical (unpaired) electrons. The molecule has 0 amide bonds. The van der Waals surface area contributed by atoms with Gasteiger partial charge in [-0.2, -0.15) is 16.8 Å². The Hall–Kier alpha value is -0.340. The molecule has 0 unspecified atom stereocenters. The van der Waals surface area contributed by atoms with Gasteiger partial charge in [-0.3, -0.25) is 8.37 Å². The van der Waals surface area contributed by atoms with Crippen molar-refractivity contribution < 1.29 is 45.6 Å². The van der Waals surface area contributed by atoms with E-state index in [0.29, 0.717) is 0 Å². The zero-order valence-electron chi connectivity index (χ0n) is 10.8. The maximum Gasteiger partial charge on any atom is 0.264 e. The predicted octanol–water partition coefficient (Wildman–Crippen LogP) is -3.62. The summed E-state index contributed by atoms with van der Waals surface area (Å²) in [6.45, 7) is -1.67. The van der Waals surface area contributed by atoms with Crippen molar-refractivity contribution in [2.75, 3.05) is 25.7 Å². The lowest BCUT2D eigenvalue weighted by atomic mass is 10.0. The van der Waals surface area contributed by atoms with Crippen LogP contribution >= 0.6 is 0 Å². The molecule has 0 aromatic rings. The molecule has 0 aliphatic heterocycles. The van der Waals surface area contributed by atoms with Crippen LogP contribution in [0.1, 0.15) is 0 Å². The van der Waals surface area contributed by atoms with Crippen LogP contribution < -0.4 is 0 Å². The Kier molecular flexibility index (Phi) is 7.48. The molecule has 20 heavy (non-hydrogen) atoms. The molecule has 4 N–H and O–H groups in total. The molecule has 0 aliphatic carbocycles. The minimum Gasteiger partial charge on any atom is -0.388 e. The molecule has 0 fully saturated rings. The van der Waals surface area contributed by atoms with Crippen LogP contribution in [0.5, 0.6) is 0 Å². The molecule has 0 heterocycles. The molecule has 0 aromatic heterocycles. The summed E-state index contributed by atoms with van der Waals surface area (Å²) < 4.78 is 51.0. The van der Waals surface area contributed by atoms with Gasteiger partial charge in [0, 0.05) is 0 Å². The van der Waals surface area contributed by atoms with Crippen LogP contribution in [0.4, 0.5) is 0 Å². The van der Waals surface area contributed by atoms with Crippen LogP contribution in [0.3, 0.4) is 0 Å². The predicted molar refractivity (Wildman–Crippen MR) is 65.6 cm³/mol. The zero-order chi connectivity index (χ0) is 16.1. The van der Waals surface area contributed by atoms with Crippen molar-refractivity contribution in [3.05, 3.63) is 0 Å². The third-order valence-corrected chi connectivity index (χ3v) is 3.17. The van der Waals surface area contributed by atoms with E-state index >= 15 is 0 Å². The summed E-state index contributed by atoms with van der Waals surface area (Å²) in [7, 11) is -7.69. The van der Waals surface area contributed by atoms with E-state index in [-0.39, 0.29) is 0 Å². The standard InChI is InChI=1S/C8H18O10S2/c1-19(13,14)17-3-5(9)7(11)8(12)6(10)4-18-20(2,15)16/h5-12H,3-4H2,1-2H3/t5-,6-,7-,8-/m0/s1. The topological polar surface area (TPSA) is 168 Å². The second-order valence-electron chi connectivity index (χ2n) is 4.09. The lowest BCUT2D eigenvalue weighted by Crippen LogP contribution is -2.48. The minimum atomic E-state index is -3.85. The second-order valence-corrected chi connectivity index (χ2v) is 7.38. The molecule has 0 spiro atoms. The van der Waals surface area contributed by atoms with Gasteiger partial charge in [0.1, 0.15) is 24.4 Å². The van der Waals surface area contributed by atoms with Crippen LogP contribution in [0, 0.1) is 0 Å². The van der Waals surface area contributed by atoms with Gasteiger partial charge >= 0.3 is 0 Å². The normalized spacial score (nSPS) is 19.3. The minimum absolute atomic E-state index is 0.720. The Morgan fingerprint density at radius 2 is 1.00 bits per heavy atom. The van der Waals surface area contributed by atoms with Gasteiger partial charge in [0.25, 0.3) is 20.2 Å². The summed E-state index contributed by atoms with van der Waals surface area (Å²) in [5, 5.41) is 37.6. The largest absolute Gasteiger partial charge is 0.388 e. The van der Waals surface area contributed by atoms with Gasteiger partial charge in [0.05, 0.1) is 25.7 Å². The van der Waals surface area contributed by atoms with Crippen molar-refractivity contribution in [3.8, 4) is 0 Å². The smallest absolute Gasteiger partial charge is 0.264 e. The van der Waals surface area contributed by atoms with Gasteiger partial charge in [0.15, 0.2) is 0 Å². The highest BCUT2D eigenvalue weighted by Crippen LogP contribution is 2.08. The first-order chi connectivity index (χ1) is 8.83. The molecular weight excluding hydrogens is 320 g/mol. The number of aliphatic hydroxyl groups is 4. The lowest BCUT2D eigenvalue weighted by Gasteiger charge is -2.25. The Morgan fingerprint density at radius 1 is 0.750 bits per heavy atom. The van der Waals surface area contributed by atoms with Crippen LogP contribution in [-0.2, 0) is 28.6 Å². The monoisotopic (exact) mass is 338 g/mol.